The van der Waals surface area contributed by atoms with Gasteiger partial charge in [0.1, 0.15) is 6.04 Å². The average Bonchev–Trinajstić information content (AvgIpc) is 2.26. The van der Waals surface area contributed by atoms with Crippen LogP contribution in [0.4, 0.5) is 0 Å². The standard InChI is InChI=1S/C12H20N2O4/c1-7-6-10(12(17)18)4-5-14(7)11(16)8(2)13-9(3)15/h7-8,10H,4-6H2,1-3H3,(H,13,15)(H,17,18). The number of nitrogens with one attached hydrogen (secondary N) is 1. The molecule has 0 bridgehead atoms. The highest BCUT2D eigenvalue weighted by Gasteiger charge is 2.33. The van der Waals surface area contributed by atoms with Crippen molar-refractivity contribution in [1.82, 2.24) is 10.2 Å². The number of amides is 2. The van der Waals surface area contributed by atoms with Crippen molar-refractivity contribution in [3.63, 3.8) is 0 Å². The lowest BCUT2D eigenvalue weighted by Gasteiger charge is -2.37. The Morgan fingerprint density at radius 2 is 2.00 bits per heavy atom. The summed E-state index contributed by atoms with van der Waals surface area (Å²) < 4.78 is 0. The van der Waals surface area contributed by atoms with Gasteiger partial charge in [-0.25, -0.2) is 0 Å². The number of carbonyl (C=O) groups excluding carboxylic acids is 2. The highest BCUT2D eigenvalue weighted by Crippen LogP contribution is 2.23. The van der Waals surface area contributed by atoms with Crippen LogP contribution in [0.5, 0.6) is 0 Å². The number of rotatable bonds is 3. The quantitative estimate of drug-likeness (QED) is 0.756. The van der Waals surface area contributed by atoms with E-state index in [2.05, 4.69) is 5.32 Å². The van der Waals surface area contributed by atoms with Gasteiger partial charge in [0.2, 0.25) is 11.8 Å². The van der Waals surface area contributed by atoms with E-state index in [0.717, 1.165) is 0 Å². The summed E-state index contributed by atoms with van der Waals surface area (Å²) in [5.41, 5.74) is 0. The Hall–Kier alpha value is -1.59. The van der Waals surface area contributed by atoms with Gasteiger partial charge in [-0.3, -0.25) is 14.4 Å². The molecule has 0 aromatic rings. The molecule has 0 aromatic heterocycles. The molecule has 1 rings (SSSR count). The van der Waals surface area contributed by atoms with Gasteiger partial charge in [0.25, 0.3) is 0 Å². The number of piperidine rings is 1. The Bertz CT molecular complexity index is 356. The molecule has 0 saturated carbocycles. The van der Waals surface area contributed by atoms with Crippen LogP contribution in [0.25, 0.3) is 0 Å². The summed E-state index contributed by atoms with van der Waals surface area (Å²) in [6, 6.07) is -0.671. The first-order valence-corrected chi connectivity index (χ1v) is 6.13. The average molecular weight is 256 g/mol. The van der Waals surface area contributed by atoms with E-state index >= 15 is 0 Å². The van der Waals surface area contributed by atoms with Crippen molar-refractivity contribution >= 4 is 17.8 Å². The van der Waals surface area contributed by atoms with E-state index < -0.39 is 12.0 Å². The summed E-state index contributed by atoms with van der Waals surface area (Å²) in [4.78, 5) is 35.5. The molecule has 6 heteroatoms. The fraction of sp³-hybridized carbons (Fsp3) is 0.750. The van der Waals surface area contributed by atoms with E-state index in [1.165, 1.54) is 6.92 Å². The number of nitrogens with zero attached hydrogens (tertiary/aromatic N) is 1. The van der Waals surface area contributed by atoms with E-state index in [9.17, 15) is 14.4 Å². The summed E-state index contributed by atoms with van der Waals surface area (Å²) in [5, 5.41) is 11.5. The smallest absolute Gasteiger partial charge is 0.306 e. The Balaban J connectivity index is 2.60. The molecule has 6 nitrogen and oxygen atoms in total. The van der Waals surface area contributed by atoms with Crippen molar-refractivity contribution < 1.29 is 19.5 Å². The molecule has 0 aromatic carbocycles. The minimum Gasteiger partial charge on any atom is -0.481 e. The second-order valence-corrected chi connectivity index (χ2v) is 4.86. The normalized spacial score (nSPS) is 25.4. The largest absolute Gasteiger partial charge is 0.481 e. The SMILES string of the molecule is CC(=O)NC(C)C(=O)N1CCC(C(=O)O)CC1C. The maximum absolute atomic E-state index is 12.1. The molecule has 0 aliphatic carbocycles. The molecule has 1 aliphatic rings. The van der Waals surface area contributed by atoms with Crippen molar-refractivity contribution in [3.8, 4) is 0 Å². The van der Waals surface area contributed by atoms with Crippen molar-refractivity contribution in [1.29, 1.82) is 0 Å². The number of hydrogen-bond acceptors (Lipinski definition) is 3. The lowest BCUT2D eigenvalue weighted by molar-refractivity contribution is -0.148. The zero-order valence-corrected chi connectivity index (χ0v) is 11.0. The van der Waals surface area contributed by atoms with Crippen molar-refractivity contribution in [2.24, 2.45) is 5.92 Å². The van der Waals surface area contributed by atoms with E-state index in [4.69, 9.17) is 5.11 Å². The second-order valence-electron chi connectivity index (χ2n) is 4.86. The topological polar surface area (TPSA) is 86.7 Å². The lowest BCUT2D eigenvalue weighted by Crippen LogP contribution is -2.53. The Labute approximate surface area is 106 Å². The van der Waals surface area contributed by atoms with Crippen LogP contribution in [-0.2, 0) is 14.4 Å². The van der Waals surface area contributed by atoms with Crippen LogP contribution in [0, 0.1) is 5.92 Å². The minimum absolute atomic E-state index is 0.108. The maximum Gasteiger partial charge on any atom is 0.306 e. The van der Waals surface area contributed by atoms with Gasteiger partial charge < -0.3 is 15.3 Å². The van der Waals surface area contributed by atoms with Gasteiger partial charge in [0.15, 0.2) is 0 Å². The van der Waals surface area contributed by atoms with Crippen LogP contribution in [0.15, 0.2) is 0 Å². The molecule has 3 atom stereocenters. The lowest BCUT2D eigenvalue weighted by atomic mass is 9.91. The van der Waals surface area contributed by atoms with Gasteiger partial charge >= 0.3 is 5.97 Å². The summed E-state index contributed by atoms with van der Waals surface area (Å²) in [6.45, 7) is 5.28. The third-order valence-electron chi connectivity index (χ3n) is 3.30. The third kappa shape index (κ3) is 3.45. The van der Waals surface area contributed by atoms with Gasteiger partial charge in [-0.15, -0.1) is 0 Å². The van der Waals surface area contributed by atoms with Gasteiger partial charge in [-0.1, -0.05) is 0 Å². The molecule has 18 heavy (non-hydrogen) atoms. The predicted octanol–water partition coefficient (Wildman–Crippen LogP) is 0.223. The summed E-state index contributed by atoms with van der Waals surface area (Å²) in [5.74, 6) is -1.57. The van der Waals surface area contributed by atoms with Gasteiger partial charge in [0, 0.05) is 19.5 Å². The van der Waals surface area contributed by atoms with E-state index in [1.54, 1.807) is 11.8 Å². The van der Waals surface area contributed by atoms with Gasteiger partial charge in [-0.05, 0) is 26.7 Å². The van der Waals surface area contributed by atoms with E-state index in [-0.39, 0.29) is 23.8 Å². The molecule has 2 N–H and O–H groups in total. The zero-order chi connectivity index (χ0) is 13.9. The van der Waals surface area contributed by atoms with Crippen LogP contribution in [0.3, 0.4) is 0 Å². The molecular weight excluding hydrogens is 236 g/mol. The van der Waals surface area contributed by atoms with Gasteiger partial charge in [-0.2, -0.15) is 0 Å². The molecule has 3 unspecified atom stereocenters. The summed E-state index contributed by atoms with van der Waals surface area (Å²) in [6.07, 6.45) is 0.937. The number of carboxylic acid groups (broad SMARTS) is 1. The molecule has 0 radical (unpaired) electrons. The minimum atomic E-state index is -0.802. The zero-order valence-electron chi connectivity index (χ0n) is 11.0. The molecular formula is C12H20N2O4. The first-order valence-electron chi connectivity index (χ1n) is 6.13. The van der Waals surface area contributed by atoms with Crippen LogP contribution in [-0.4, -0.2) is 46.4 Å². The Morgan fingerprint density at radius 1 is 1.39 bits per heavy atom. The number of aliphatic carboxylic acids is 1. The first-order chi connectivity index (χ1) is 8.32. The maximum atomic E-state index is 12.1. The fourth-order valence-electron chi connectivity index (χ4n) is 2.34. The molecule has 1 fully saturated rings. The van der Waals surface area contributed by atoms with Gasteiger partial charge in [0.05, 0.1) is 5.92 Å². The molecule has 1 saturated heterocycles. The number of likely N-dealkylation sites (tertiary alicyclic amines) is 1. The highest BCUT2D eigenvalue weighted by molar-refractivity contribution is 5.86. The first kappa shape index (κ1) is 14.5. The number of carboxylic acids is 1. The Morgan fingerprint density at radius 3 is 2.44 bits per heavy atom. The monoisotopic (exact) mass is 256 g/mol. The van der Waals surface area contributed by atoms with E-state index in [1.807, 2.05) is 6.92 Å². The molecule has 0 spiro atoms. The van der Waals surface area contributed by atoms with Crippen LogP contribution in [0.1, 0.15) is 33.6 Å². The van der Waals surface area contributed by atoms with Crippen molar-refractivity contribution in [2.45, 2.75) is 45.7 Å². The number of hydrogen-bond donors (Lipinski definition) is 2. The molecule has 2 amide bonds. The highest BCUT2D eigenvalue weighted by atomic mass is 16.4. The van der Waals surface area contributed by atoms with Crippen molar-refractivity contribution in [3.05, 3.63) is 0 Å². The molecule has 1 heterocycles. The fourth-order valence-corrected chi connectivity index (χ4v) is 2.34. The molecule has 102 valence electrons. The Kier molecular flexibility index (Phi) is 4.69. The summed E-state index contributed by atoms with van der Waals surface area (Å²) >= 11 is 0. The van der Waals surface area contributed by atoms with Crippen molar-refractivity contribution in [2.75, 3.05) is 6.54 Å². The molecule has 1 aliphatic heterocycles. The number of carbonyl (C=O) groups is 3. The third-order valence-corrected chi connectivity index (χ3v) is 3.30. The summed E-state index contributed by atoms with van der Waals surface area (Å²) in [7, 11) is 0. The van der Waals surface area contributed by atoms with Crippen LogP contribution < -0.4 is 5.32 Å². The second kappa shape index (κ2) is 5.84. The predicted molar refractivity (Wildman–Crippen MR) is 64.8 cm³/mol. The van der Waals surface area contributed by atoms with E-state index in [0.29, 0.717) is 19.4 Å². The van der Waals surface area contributed by atoms with Crippen LogP contribution in [0.2, 0.25) is 0 Å². The van der Waals surface area contributed by atoms with Crippen LogP contribution >= 0.6 is 0 Å².